The molecule has 0 bridgehead atoms. The molecule has 0 spiro atoms. The van der Waals surface area contributed by atoms with E-state index in [0.717, 1.165) is 51.4 Å². The van der Waals surface area contributed by atoms with Crippen LogP contribution in [0.2, 0.25) is 0 Å². The molecule has 3 N–H and O–H groups in total. The van der Waals surface area contributed by atoms with Gasteiger partial charge in [-0.15, -0.1) is 0 Å². The number of likely N-dealkylation sites (N-methyl/N-ethyl adjacent to an activating group) is 1. The summed E-state index contributed by atoms with van der Waals surface area (Å²) in [6.45, 7) is 4.02. The number of carbonyl (C=O) groups is 2. The van der Waals surface area contributed by atoms with E-state index in [4.69, 9.17) is 18.5 Å². The monoisotopic (exact) mass is 841 g/mol. The van der Waals surface area contributed by atoms with E-state index in [-0.39, 0.29) is 26.1 Å². The van der Waals surface area contributed by atoms with Crippen LogP contribution < -0.4 is 0 Å². The lowest BCUT2D eigenvalue weighted by atomic mass is 10.1. The van der Waals surface area contributed by atoms with Gasteiger partial charge < -0.3 is 29.1 Å². The van der Waals surface area contributed by atoms with Crippen molar-refractivity contribution in [2.45, 2.75) is 173 Å². The Morgan fingerprint density at radius 1 is 0.621 bits per heavy atom. The molecule has 0 heterocycles. The average Bonchev–Trinajstić information content (AvgIpc) is 3.16. The number of phosphoric ester groups is 1. The van der Waals surface area contributed by atoms with Gasteiger partial charge in [-0.25, -0.2) is 4.57 Å². The number of unbranched alkanes of at least 4 members (excludes halogenated alkanes) is 13. The van der Waals surface area contributed by atoms with Crippen LogP contribution in [0.25, 0.3) is 0 Å². The third kappa shape index (κ3) is 40.4. The maximum atomic E-state index is 12.7. The topological polar surface area (TPSA) is 149 Å². The Morgan fingerprint density at radius 3 is 1.72 bits per heavy atom. The molecule has 1 unspecified atom stereocenters. The molecule has 0 aromatic carbocycles. The molecular weight excluding hydrogens is 757 g/mol. The lowest BCUT2D eigenvalue weighted by Crippen LogP contribution is -2.37. The molecule has 0 aliphatic heterocycles. The van der Waals surface area contributed by atoms with Gasteiger partial charge in [0.05, 0.1) is 40.0 Å². The van der Waals surface area contributed by atoms with Crippen LogP contribution in [0, 0.1) is 0 Å². The van der Waals surface area contributed by atoms with Crippen molar-refractivity contribution in [3.63, 3.8) is 0 Å². The van der Waals surface area contributed by atoms with E-state index >= 15 is 0 Å². The minimum Gasteiger partial charge on any atom is -0.462 e. The molecule has 0 aliphatic rings. The zero-order chi connectivity index (χ0) is 43.2. The number of aliphatic hydroxyl groups excluding tert-OH is 2. The fraction of sp³-hybridized carbons (Fsp3) is 0.739. The van der Waals surface area contributed by atoms with Gasteiger partial charge in [-0.2, -0.15) is 0 Å². The van der Waals surface area contributed by atoms with Gasteiger partial charge >= 0.3 is 19.8 Å². The number of hydrogen-bond donors (Lipinski definition) is 3. The first-order valence-electron chi connectivity index (χ1n) is 22.2. The molecule has 4 atom stereocenters. The van der Waals surface area contributed by atoms with E-state index < -0.39 is 44.7 Å². The highest BCUT2D eigenvalue weighted by atomic mass is 31.2. The average molecular weight is 841 g/mol. The quantitative estimate of drug-likeness (QED) is 0.0136. The Balaban J connectivity index is 4.62. The van der Waals surface area contributed by atoms with E-state index in [1.54, 1.807) is 18.2 Å². The largest absolute Gasteiger partial charge is 0.472 e. The molecular formula is C46H83NO10P+. The van der Waals surface area contributed by atoms with Gasteiger partial charge in [0, 0.05) is 12.8 Å². The third-order valence-corrected chi connectivity index (χ3v) is 10.2. The summed E-state index contributed by atoms with van der Waals surface area (Å²) in [6, 6.07) is 0. The second kappa shape index (κ2) is 37.6. The van der Waals surface area contributed by atoms with Crippen molar-refractivity contribution in [3.8, 4) is 0 Å². The molecule has 0 rings (SSSR count). The molecule has 0 saturated heterocycles. The van der Waals surface area contributed by atoms with Crippen LogP contribution in [-0.4, -0.2) is 97.3 Å². The first kappa shape index (κ1) is 55.6. The predicted molar refractivity (Wildman–Crippen MR) is 236 cm³/mol. The molecule has 0 aromatic heterocycles. The lowest BCUT2D eigenvalue weighted by molar-refractivity contribution is -0.870. The van der Waals surface area contributed by atoms with Crippen LogP contribution in [0.1, 0.15) is 155 Å². The maximum absolute atomic E-state index is 12.7. The van der Waals surface area contributed by atoms with Gasteiger partial charge in [0.2, 0.25) is 0 Å². The molecule has 0 radical (unpaired) electrons. The third-order valence-electron chi connectivity index (χ3n) is 9.23. The molecule has 0 aromatic rings. The second-order valence-corrected chi connectivity index (χ2v) is 17.6. The van der Waals surface area contributed by atoms with Gasteiger partial charge in [0.25, 0.3) is 0 Å². The Bertz CT molecular complexity index is 1210. The summed E-state index contributed by atoms with van der Waals surface area (Å²) in [4.78, 5) is 35.4. The fourth-order valence-corrected chi connectivity index (χ4v) is 6.37. The van der Waals surface area contributed by atoms with Gasteiger partial charge in [-0.1, -0.05) is 145 Å². The minimum atomic E-state index is -4.44. The number of allylic oxidation sites excluding steroid dienone is 8. The highest BCUT2D eigenvalue weighted by molar-refractivity contribution is 7.47. The van der Waals surface area contributed by atoms with Gasteiger partial charge in [-0.3, -0.25) is 18.6 Å². The normalized spacial score (nSPS) is 15.2. The number of rotatable bonds is 39. The minimum absolute atomic E-state index is 0.0105. The zero-order valence-electron chi connectivity index (χ0n) is 37.0. The van der Waals surface area contributed by atoms with Crippen molar-refractivity contribution >= 4 is 19.8 Å². The highest BCUT2D eigenvalue weighted by Crippen LogP contribution is 2.43. The van der Waals surface area contributed by atoms with Crippen molar-refractivity contribution in [3.05, 3.63) is 60.8 Å². The summed E-state index contributed by atoms with van der Waals surface area (Å²) in [5.74, 6) is -1.04. The summed E-state index contributed by atoms with van der Waals surface area (Å²) >= 11 is 0. The number of ether oxygens (including phenoxy) is 2. The Labute approximate surface area is 352 Å². The first-order valence-corrected chi connectivity index (χ1v) is 23.7. The maximum Gasteiger partial charge on any atom is 0.472 e. The summed E-state index contributed by atoms with van der Waals surface area (Å²) in [5.41, 5.74) is 0. The van der Waals surface area contributed by atoms with Gasteiger partial charge in [-0.05, 0) is 57.8 Å². The Kier molecular flexibility index (Phi) is 36.1. The Hall–Kier alpha value is -2.37. The summed E-state index contributed by atoms with van der Waals surface area (Å²) in [6.07, 6.45) is 37.6. The van der Waals surface area contributed by atoms with E-state index in [0.29, 0.717) is 36.7 Å². The molecule has 0 saturated carbocycles. The van der Waals surface area contributed by atoms with Crippen LogP contribution in [-0.2, 0) is 32.7 Å². The fourth-order valence-electron chi connectivity index (χ4n) is 5.63. The molecule has 0 amide bonds. The standard InChI is InChI=1S/C46H82NO10P/c1-6-8-10-11-12-13-14-15-16-17-18-19-23-26-30-36-45(50)54-40-44(41-56-58(52,53)55-39-38-47(3,4)5)57-46(51)37-31-35-43(49)34-29-25-22-20-21-24-28-33-42(48)32-27-9-7-2/h13-14,21-22,24-25,28-29,33-34,42-44,48-49H,6-12,15-20,23,26-27,30-32,35-41H2,1-5H3/p+1/b14-13-,24-21-,25-22-,33-28+,34-29+/t42-,43-,44-/m1/s1. The van der Waals surface area contributed by atoms with Crippen molar-refractivity contribution in [2.24, 2.45) is 0 Å². The van der Waals surface area contributed by atoms with Crippen molar-refractivity contribution < 1.29 is 52.3 Å². The number of esters is 2. The summed E-state index contributed by atoms with van der Waals surface area (Å²) in [7, 11) is 1.32. The Morgan fingerprint density at radius 2 is 1.14 bits per heavy atom. The zero-order valence-corrected chi connectivity index (χ0v) is 37.9. The van der Waals surface area contributed by atoms with Gasteiger partial charge in [0.1, 0.15) is 19.8 Å². The van der Waals surface area contributed by atoms with Crippen molar-refractivity contribution in [1.29, 1.82) is 0 Å². The second-order valence-electron chi connectivity index (χ2n) is 16.1. The molecule has 12 heteroatoms. The number of phosphoric acid groups is 1. The van der Waals surface area contributed by atoms with Crippen LogP contribution >= 0.6 is 7.82 Å². The molecule has 11 nitrogen and oxygen atoms in total. The van der Waals surface area contributed by atoms with E-state index in [9.17, 15) is 29.3 Å². The summed E-state index contributed by atoms with van der Waals surface area (Å²) < 4.78 is 34.1. The summed E-state index contributed by atoms with van der Waals surface area (Å²) in [5, 5.41) is 20.2. The van der Waals surface area contributed by atoms with Crippen molar-refractivity contribution in [1.82, 2.24) is 0 Å². The van der Waals surface area contributed by atoms with E-state index in [1.807, 2.05) is 51.5 Å². The number of carbonyl (C=O) groups excluding carboxylic acids is 2. The molecule has 336 valence electrons. The molecule has 0 fully saturated rings. The number of aliphatic hydroxyl groups is 2. The first-order chi connectivity index (χ1) is 27.8. The predicted octanol–water partition coefficient (Wildman–Crippen LogP) is 10.4. The van der Waals surface area contributed by atoms with Crippen LogP contribution in [0.5, 0.6) is 0 Å². The van der Waals surface area contributed by atoms with Crippen LogP contribution in [0.3, 0.4) is 0 Å². The van der Waals surface area contributed by atoms with E-state index in [1.165, 1.54) is 51.4 Å². The molecule has 58 heavy (non-hydrogen) atoms. The lowest BCUT2D eigenvalue weighted by Gasteiger charge is -2.24. The van der Waals surface area contributed by atoms with Gasteiger partial charge in [0.15, 0.2) is 6.10 Å². The number of quaternary nitrogens is 1. The SMILES string of the molecule is CCCCCC/C=C\CCCCCCCCCC(=O)OC[C@H](COP(=O)(O)OCC[N+](C)(C)C)OC(=O)CCC[C@H](O)/C=C/C=C\C/C=C\C=C\[C@H](O)CCCCC. The van der Waals surface area contributed by atoms with Crippen LogP contribution in [0.15, 0.2) is 60.8 Å². The number of hydrogen-bond acceptors (Lipinski definition) is 9. The smallest absolute Gasteiger partial charge is 0.462 e. The van der Waals surface area contributed by atoms with E-state index in [2.05, 4.69) is 26.0 Å². The highest BCUT2D eigenvalue weighted by Gasteiger charge is 2.27. The van der Waals surface area contributed by atoms with Crippen molar-refractivity contribution in [2.75, 3.05) is 47.5 Å². The molecule has 0 aliphatic carbocycles. The van der Waals surface area contributed by atoms with Crippen LogP contribution in [0.4, 0.5) is 0 Å². The number of nitrogens with zero attached hydrogens (tertiary/aromatic N) is 1.